The van der Waals surface area contributed by atoms with Crippen molar-refractivity contribution in [3.05, 3.63) is 5.21 Å². The predicted molar refractivity (Wildman–Crippen MR) is 52.7 cm³/mol. The zero-order valence-electron chi connectivity index (χ0n) is 8.60. The maximum absolute atomic E-state index is 11.1. The summed E-state index contributed by atoms with van der Waals surface area (Å²) in [5, 5.41) is 11.1. The maximum atomic E-state index is 11.1. The number of rotatable bonds is 6. The van der Waals surface area contributed by atoms with Gasteiger partial charge in [0.2, 0.25) is 0 Å². The van der Waals surface area contributed by atoms with Gasteiger partial charge in [0, 0.05) is 0 Å². The molecule has 0 aliphatic rings. The molecule has 0 amide bonds. The minimum Gasteiger partial charge on any atom is -0.633 e. The van der Waals surface area contributed by atoms with Gasteiger partial charge in [0.25, 0.3) is 0 Å². The van der Waals surface area contributed by atoms with Crippen LogP contribution < -0.4 is 0 Å². The lowest BCUT2D eigenvalue weighted by Gasteiger charge is -2.33. The first kappa shape index (κ1) is 14.4. The van der Waals surface area contributed by atoms with Crippen molar-refractivity contribution in [1.82, 2.24) is 0 Å². The average Bonchev–Trinajstić information content (AvgIpc) is 1.85. The molecule has 0 unspecified atom stereocenters. The van der Waals surface area contributed by atoms with E-state index in [9.17, 15) is 5.21 Å². The highest BCUT2D eigenvalue weighted by atomic mass is 16.5. The SMILES string of the molecule is CCCCCCC[N+](C)(C)[O-].O. The molecule has 76 valence electrons. The molecule has 3 nitrogen and oxygen atoms in total. The monoisotopic (exact) mass is 177 g/mol. The van der Waals surface area contributed by atoms with Crippen LogP contribution in [-0.4, -0.2) is 30.8 Å². The largest absolute Gasteiger partial charge is 0.633 e. The molecule has 0 radical (unpaired) electrons. The van der Waals surface area contributed by atoms with E-state index in [2.05, 4.69) is 6.92 Å². The number of nitrogens with zero attached hydrogens (tertiary/aromatic N) is 1. The van der Waals surface area contributed by atoms with Gasteiger partial charge in [0.05, 0.1) is 20.6 Å². The topological polar surface area (TPSA) is 54.6 Å². The minimum atomic E-state index is -0.133. The second kappa shape index (κ2) is 7.53. The van der Waals surface area contributed by atoms with E-state index in [0.29, 0.717) is 0 Å². The smallest absolute Gasteiger partial charge is 0.0779 e. The molecule has 3 heteroatoms. The van der Waals surface area contributed by atoms with Crippen molar-refractivity contribution >= 4 is 0 Å². The van der Waals surface area contributed by atoms with Gasteiger partial charge in [-0.1, -0.05) is 26.2 Å². The van der Waals surface area contributed by atoms with Gasteiger partial charge in [-0.05, 0) is 12.8 Å². The van der Waals surface area contributed by atoms with E-state index in [4.69, 9.17) is 0 Å². The molecule has 0 saturated carbocycles. The molecule has 0 fully saturated rings. The third-order valence-corrected chi connectivity index (χ3v) is 1.80. The van der Waals surface area contributed by atoms with Gasteiger partial charge in [-0.25, -0.2) is 0 Å². The fraction of sp³-hybridized carbons (Fsp3) is 1.00. The molecule has 0 aliphatic heterocycles. The third-order valence-electron chi connectivity index (χ3n) is 1.80. The highest BCUT2D eigenvalue weighted by molar-refractivity contribution is 4.42. The summed E-state index contributed by atoms with van der Waals surface area (Å²) in [6.07, 6.45) is 6.17. The molecule has 0 bridgehead atoms. The zero-order chi connectivity index (χ0) is 8.74. The molecule has 0 spiro atoms. The number of unbranched alkanes of at least 4 members (excludes halogenated alkanes) is 4. The Morgan fingerprint density at radius 2 is 1.50 bits per heavy atom. The molecule has 0 atom stereocenters. The van der Waals surface area contributed by atoms with Gasteiger partial charge in [-0.3, -0.25) is 0 Å². The van der Waals surface area contributed by atoms with Crippen LogP contribution in [0.2, 0.25) is 0 Å². The molecule has 2 N–H and O–H groups in total. The van der Waals surface area contributed by atoms with Gasteiger partial charge in [-0.15, -0.1) is 0 Å². The minimum absolute atomic E-state index is 0. The van der Waals surface area contributed by atoms with Crippen molar-refractivity contribution in [3.63, 3.8) is 0 Å². The van der Waals surface area contributed by atoms with Crippen molar-refractivity contribution in [2.24, 2.45) is 0 Å². The molecule has 0 aromatic carbocycles. The predicted octanol–water partition coefficient (Wildman–Crippen LogP) is 1.71. The Kier molecular flexibility index (Phi) is 9.03. The molecule has 0 aromatic rings. The highest BCUT2D eigenvalue weighted by Gasteiger charge is 1.99. The van der Waals surface area contributed by atoms with Crippen molar-refractivity contribution in [2.75, 3.05) is 20.6 Å². The Bertz CT molecular complexity index is 89.0. The molecular weight excluding hydrogens is 154 g/mol. The summed E-state index contributed by atoms with van der Waals surface area (Å²) >= 11 is 0. The van der Waals surface area contributed by atoms with Crippen LogP contribution in [-0.2, 0) is 0 Å². The van der Waals surface area contributed by atoms with Crippen molar-refractivity contribution in [1.29, 1.82) is 0 Å². The van der Waals surface area contributed by atoms with E-state index in [1.54, 1.807) is 14.1 Å². The lowest BCUT2D eigenvalue weighted by Crippen LogP contribution is -2.32. The Hall–Kier alpha value is -0.120. The lowest BCUT2D eigenvalue weighted by molar-refractivity contribution is -0.840. The van der Waals surface area contributed by atoms with Gasteiger partial charge < -0.3 is 15.3 Å². The third kappa shape index (κ3) is 12.5. The van der Waals surface area contributed by atoms with Crippen LogP contribution in [0.15, 0.2) is 0 Å². The summed E-state index contributed by atoms with van der Waals surface area (Å²) < 4.78 is -0.133. The van der Waals surface area contributed by atoms with Crippen LogP contribution in [0.1, 0.15) is 39.0 Å². The number of hydrogen-bond acceptors (Lipinski definition) is 1. The second-order valence-corrected chi connectivity index (χ2v) is 3.71. The van der Waals surface area contributed by atoms with Crippen LogP contribution in [0, 0.1) is 5.21 Å². The van der Waals surface area contributed by atoms with Crippen molar-refractivity contribution < 1.29 is 10.1 Å². The molecule has 0 aliphatic carbocycles. The Labute approximate surface area is 75.9 Å². The Morgan fingerprint density at radius 3 is 1.92 bits per heavy atom. The van der Waals surface area contributed by atoms with Gasteiger partial charge >= 0.3 is 0 Å². The average molecular weight is 177 g/mol. The first-order valence-electron chi connectivity index (χ1n) is 4.60. The highest BCUT2D eigenvalue weighted by Crippen LogP contribution is 2.04. The summed E-state index contributed by atoms with van der Waals surface area (Å²) in [6.45, 7) is 2.97. The first-order chi connectivity index (χ1) is 5.06. The molecule has 0 aromatic heterocycles. The van der Waals surface area contributed by atoms with E-state index in [1.165, 1.54) is 25.7 Å². The second-order valence-electron chi connectivity index (χ2n) is 3.71. The molecule has 0 heterocycles. The summed E-state index contributed by atoms with van der Waals surface area (Å²) in [6, 6.07) is 0. The number of quaternary nitrogens is 1. The van der Waals surface area contributed by atoms with E-state index in [1.807, 2.05) is 0 Å². The normalized spacial score (nSPS) is 11.0. The summed E-state index contributed by atoms with van der Waals surface area (Å²) in [7, 11) is 3.42. The lowest BCUT2D eigenvalue weighted by atomic mass is 10.1. The maximum Gasteiger partial charge on any atom is 0.0779 e. The van der Waals surface area contributed by atoms with Crippen LogP contribution in [0.25, 0.3) is 0 Å². The summed E-state index contributed by atoms with van der Waals surface area (Å²) in [5.74, 6) is 0. The summed E-state index contributed by atoms with van der Waals surface area (Å²) in [5.41, 5.74) is 0. The van der Waals surface area contributed by atoms with E-state index in [-0.39, 0.29) is 10.1 Å². The van der Waals surface area contributed by atoms with Crippen LogP contribution >= 0.6 is 0 Å². The molecule has 0 rings (SSSR count). The Balaban J connectivity index is 0. The fourth-order valence-electron chi connectivity index (χ4n) is 1.10. The van der Waals surface area contributed by atoms with Crippen LogP contribution in [0.5, 0.6) is 0 Å². The zero-order valence-corrected chi connectivity index (χ0v) is 8.60. The van der Waals surface area contributed by atoms with E-state index < -0.39 is 0 Å². The van der Waals surface area contributed by atoms with E-state index >= 15 is 0 Å². The van der Waals surface area contributed by atoms with Crippen molar-refractivity contribution in [2.45, 2.75) is 39.0 Å². The van der Waals surface area contributed by atoms with Gasteiger partial charge in [-0.2, -0.15) is 0 Å². The number of hydrogen-bond donors (Lipinski definition) is 0. The molecule has 12 heavy (non-hydrogen) atoms. The van der Waals surface area contributed by atoms with Crippen molar-refractivity contribution in [3.8, 4) is 0 Å². The first-order valence-corrected chi connectivity index (χ1v) is 4.60. The molecule has 0 saturated heterocycles. The van der Waals surface area contributed by atoms with Gasteiger partial charge in [0.1, 0.15) is 0 Å². The standard InChI is InChI=1S/C9H21NO.H2O/c1-4-5-6-7-8-9-10(2,3)11;/h4-9H2,1-3H3;1H2. The van der Waals surface area contributed by atoms with Crippen LogP contribution in [0.3, 0.4) is 0 Å². The summed E-state index contributed by atoms with van der Waals surface area (Å²) in [4.78, 5) is 0. The Morgan fingerprint density at radius 1 is 1.00 bits per heavy atom. The van der Waals surface area contributed by atoms with Gasteiger partial charge in [0.15, 0.2) is 0 Å². The van der Waals surface area contributed by atoms with Crippen LogP contribution in [0.4, 0.5) is 0 Å². The fourth-order valence-corrected chi connectivity index (χ4v) is 1.10. The molecular formula is C9H23NO2. The number of hydroxylamine groups is 3. The van der Waals surface area contributed by atoms with E-state index in [0.717, 1.165) is 13.0 Å². The quantitative estimate of drug-likeness (QED) is 0.346.